The van der Waals surface area contributed by atoms with E-state index in [1.807, 2.05) is 0 Å². The van der Waals surface area contributed by atoms with Crippen LogP contribution in [-0.2, 0) is 4.74 Å². The molecule has 0 aromatic heterocycles. The van der Waals surface area contributed by atoms with Gasteiger partial charge < -0.3 is 10.5 Å². The molecule has 1 aromatic carbocycles. The lowest BCUT2D eigenvalue weighted by atomic mass is 9.81. The Bertz CT molecular complexity index is 463. The second kappa shape index (κ2) is 6.96. The highest BCUT2D eigenvalue weighted by Crippen LogP contribution is 2.35. The first-order valence-electron chi connectivity index (χ1n) is 6.98. The minimum Gasteiger partial charge on any atom is -0.379 e. The summed E-state index contributed by atoms with van der Waals surface area (Å²) < 4.78 is 33.8. The van der Waals surface area contributed by atoms with Crippen molar-refractivity contribution in [2.75, 3.05) is 7.11 Å². The monoisotopic (exact) mass is 347 g/mol. The summed E-state index contributed by atoms with van der Waals surface area (Å²) >= 11 is 3.08. The van der Waals surface area contributed by atoms with E-state index >= 15 is 0 Å². The summed E-state index contributed by atoms with van der Waals surface area (Å²) in [5.41, 5.74) is 6.04. The van der Waals surface area contributed by atoms with Crippen LogP contribution in [-0.4, -0.2) is 13.2 Å². The fourth-order valence-electron chi connectivity index (χ4n) is 3.11. The molecule has 5 heteroatoms. The Balaban J connectivity index is 2.28. The van der Waals surface area contributed by atoms with Crippen LogP contribution in [0.3, 0.4) is 0 Å². The topological polar surface area (TPSA) is 35.2 Å². The Kier molecular flexibility index (Phi) is 5.52. The van der Waals surface area contributed by atoms with Gasteiger partial charge in [0.1, 0.15) is 11.6 Å². The quantitative estimate of drug-likeness (QED) is 0.823. The molecule has 0 bridgehead atoms. The molecule has 1 aliphatic rings. The van der Waals surface area contributed by atoms with E-state index in [2.05, 4.69) is 15.9 Å². The van der Waals surface area contributed by atoms with E-state index in [4.69, 9.17) is 10.5 Å². The first-order valence-corrected chi connectivity index (χ1v) is 7.77. The molecule has 0 saturated heterocycles. The van der Waals surface area contributed by atoms with Crippen LogP contribution in [0.15, 0.2) is 16.6 Å². The summed E-state index contributed by atoms with van der Waals surface area (Å²) in [6.45, 7) is 0. The molecule has 20 heavy (non-hydrogen) atoms. The maximum Gasteiger partial charge on any atom is 0.145 e. The molecule has 0 amide bonds. The van der Waals surface area contributed by atoms with Crippen molar-refractivity contribution >= 4 is 15.9 Å². The predicted octanol–water partition coefficient (Wildman–Crippen LogP) is 4.32. The van der Waals surface area contributed by atoms with Gasteiger partial charge in [-0.2, -0.15) is 0 Å². The van der Waals surface area contributed by atoms with E-state index in [9.17, 15) is 8.78 Å². The molecule has 2 atom stereocenters. The Hall–Kier alpha value is -0.520. The number of hydrogen-bond acceptors (Lipinski definition) is 2. The third kappa shape index (κ3) is 3.21. The summed E-state index contributed by atoms with van der Waals surface area (Å²) in [5.74, 6) is -0.979. The number of ether oxygens (including phenoxy) is 1. The van der Waals surface area contributed by atoms with Gasteiger partial charge in [0, 0.05) is 12.7 Å². The van der Waals surface area contributed by atoms with E-state index in [1.54, 1.807) is 7.11 Å². The standard InChI is InChI=1S/C15H20BrF2NO/c1-20-15(9-5-3-2-4-6-9)14(19)12-11(17)8-7-10(16)13(12)18/h7-9,14-15H,2-6,19H2,1H3. The van der Waals surface area contributed by atoms with Crippen LogP contribution in [0.2, 0.25) is 0 Å². The zero-order valence-electron chi connectivity index (χ0n) is 11.5. The van der Waals surface area contributed by atoms with Gasteiger partial charge in [-0.05, 0) is 46.8 Å². The number of nitrogens with two attached hydrogens (primary N) is 1. The van der Waals surface area contributed by atoms with Crippen LogP contribution in [0.25, 0.3) is 0 Å². The van der Waals surface area contributed by atoms with Crippen molar-refractivity contribution in [1.82, 2.24) is 0 Å². The number of hydrogen-bond donors (Lipinski definition) is 1. The summed E-state index contributed by atoms with van der Waals surface area (Å²) in [6.07, 6.45) is 5.12. The Labute approximate surface area is 126 Å². The van der Waals surface area contributed by atoms with Gasteiger partial charge in [-0.15, -0.1) is 0 Å². The summed E-state index contributed by atoms with van der Waals surface area (Å²) in [7, 11) is 1.56. The molecule has 0 radical (unpaired) electrons. The molecular formula is C15H20BrF2NO. The van der Waals surface area contributed by atoms with Gasteiger partial charge in [0.05, 0.1) is 16.6 Å². The molecule has 0 heterocycles. The summed E-state index contributed by atoms with van der Waals surface area (Å²) in [5, 5.41) is 0. The molecular weight excluding hydrogens is 328 g/mol. The highest BCUT2D eigenvalue weighted by atomic mass is 79.9. The number of benzene rings is 1. The van der Waals surface area contributed by atoms with Gasteiger partial charge in [0.15, 0.2) is 0 Å². The first-order chi connectivity index (χ1) is 9.56. The molecule has 2 rings (SSSR count). The van der Waals surface area contributed by atoms with Crippen molar-refractivity contribution in [2.45, 2.75) is 44.2 Å². The molecule has 1 aliphatic carbocycles. The van der Waals surface area contributed by atoms with Gasteiger partial charge in [-0.3, -0.25) is 0 Å². The fraction of sp³-hybridized carbons (Fsp3) is 0.600. The summed E-state index contributed by atoms with van der Waals surface area (Å²) in [4.78, 5) is 0. The predicted molar refractivity (Wildman–Crippen MR) is 78.4 cm³/mol. The lowest BCUT2D eigenvalue weighted by molar-refractivity contribution is 0.0157. The number of halogens is 3. The highest BCUT2D eigenvalue weighted by molar-refractivity contribution is 9.10. The summed E-state index contributed by atoms with van der Waals surface area (Å²) in [6, 6.07) is 1.79. The molecule has 1 fully saturated rings. The average molecular weight is 348 g/mol. The van der Waals surface area contributed by atoms with Gasteiger partial charge in [-0.25, -0.2) is 8.78 Å². The van der Waals surface area contributed by atoms with E-state index in [0.29, 0.717) is 0 Å². The molecule has 2 N–H and O–H groups in total. The lowest BCUT2D eigenvalue weighted by Crippen LogP contribution is -2.37. The minimum atomic E-state index is -0.791. The van der Waals surface area contributed by atoms with E-state index in [1.165, 1.54) is 18.6 Å². The van der Waals surface area contributed by atoms with E-state index in [-0.39, 0.29) is 22.1 Å². The fourth-order valence-corrected chi connectivity index (χ4v) is 3.45. The molecule has 0 spiro atoms. The van der Waals surface area contributed by atoms with Crippen molar-refractivity contribution in [3.05, 3.63) is 33.8 Å². The van der Waals surface area contributed by atoms with Crippen molar-refractivity contribution in [3.63, 3.8) is 0 Å². The van der Waals surface area contributed by atoms with Crippen LogP contribution in [0.5, 0.6) is 0 Å². The van der Waals surface area contributed by atoms with Crippen LogP contribution < -0.4 is 5.73 Å². The van der Waals surface area contributed by atoms with Gasteiger partial charge in [0.25, 0.3) is 0 Å². The Morgan fingerprint density at radius 2 is 1.90 bits per heavy atom. The molecule has 0 aliphatic heterocycles. The zero-order chi connectivity index (χ0) is 14.7. The highest BCUT2D eigenvalue weighted by Gasteiger charge is 2.33. The van der Waals surface area contributed by atoms with Gasteiger partial charge in [-0.1, -0.05) is 19.3 Å². The molecule has 2 nitrogen and oxygen atoms in total. The minimum absolute atomic E-state index is 0.0863. The third-order valence-electron chi connectivity index (χ3n) is 4.15. The molecule has 1 saturated carbocycles. The van der Waals surface area contributed by atoms with Crippen molar-refractivity contribution < 1.29 is 13.5 Å². The van der Waals surface area contributed by atoms with Crippen molar-refractivity contribution in [3.8, 4) is 0 Å². The van der Waals surface area contributed by atoms with Crippen molar-refractivity contribution in [2.24, 2.45) is 11.7 Å². The molecule has 112 valence electrons. The van der Waals surface area contributed by atoms with Gasteiger partial charge >= 0.3 is 0 Å². The maximum atomic E-state index is 14.2. The van der Waals surface area contributed by atoms with Crippen LogP contribution in [0.1, 0.15) is 43.7 Å². The smallest absolute Gasteiger partial charge is 0.145 e. The van der Waals surface area contributed by atoms with Crippen molar-refractivity contribution in [1.29, 1.82) is 0 Å². The lowest BCUT2D eigenvalue weighted by Gasteiger charge is -2.33. The van der Waals surface area contributed by atoms with Crippen LogP contribution in [0.4, 0.5) is 8.78 Å². The average Bonchev–Trinajstić information content (AvgIpc) is 2.45. The molecule has 2 unspecified atom stereocenters. The Morgan fingerprint density at radius 3 is 2.50 bits per heavy atom. The van der Waals surface area contributed by atoms with Crippen LogP contribution in [0, 0.1) is 17.6 Å². The Morgan fingerprint density at radius 1 is 1.25 bits per heavy atom. The number of rotatable bonds is 4. The first kappa shape index (κ1) is 15.9. The normalized spacial score (nSPS) is 19.9. The SMILES string of the molecule is COC(C1CCCCC1)C(N)c1c(F)ccc(Br)c1F. The largest absolute Gasteiger partial charge is 0.379 e. The zero-order valence-corrected chi connectivity index (χ0v) is 13.1. The van der Waals surface area contributed by atoms with Gasteiger partial charge in [0.2, 0.25) is 0 Å². The second-order valence-electron chi connectivity index (χ2n) is 5.38. The molecule has 1 aromatic rings. The maximum absolute atomic E-state index is 14.2. The van der Waals surface area contributed by atoms with E-state index < -0.39 is 17.7 Å². The van der Waals surface area contributed by atoms with E-state index in [0.717, 1.165) is 25.7 Å². The van der Waals surface area contributed by atoms with Crippen LogP contribution >= 0.6 is 15.9 Å². The second-order valence-corrected chi connectivity index (χ2v) is 6.24. The number of methoxy groups -OCH3 is 1. The third-order valence-corrected chi connectivity index (χ3v) is 4.77.